The highest BCUT2D eigenvalue weighted by molar-refractivity contribution is 5.89. The Hall–Kier alpha value is -5.28. The molecule has 0 radical (unpaired) electrons. The van der Waals surface area contributed by atoms with Gasteiger partial charge in [0, 0.05) is 23.8 Å². The van der Waals surface area contributed by atoms with E-state index in [1.165, 1.54) is 54.6 Å². The molecule has 1 aromatic heterocycles. The van der Waals surface area contributed by atoms with Crippen LogP contribution in [-0.2, 0) is 19.0 Å². The quantitative estimate of drug-likeness (QED) is 0.0700. The summed E-state index contributed by atoms with van der Waals surface area (Å²) in [7, 11) is 0. The SMILES string of the molecule is O=C(/C=C/c1ccc(O)cc1)O[C@H]1[C@@H](Oc2c(-c3ccc(O)cc3)oc3cc(O[C@@H]4O[C@H](CO)[C@@H](O)[C@H](O)[C@H]4O)cc(O)c3c2=O)O[C@H](CO)[C@@H](O)[C@@H]1O. The van der Waals surface area contributed by atoms with Crippen LogP contribution < -0.4 is 14.9 Å². The van der Waals surface area contributed by atoms with Crippen LogP contribution in [0.25, 0.3) is 28.4 Å². The molecule has 0 bridgehead atoms. The number of ether oxygens (including phenoxy) is 5. The van der Waals surface area contributed by atoms with Crippen LogP contribution >= 0.6 is 0 Å². The molecule has 2 aliphatic rings. The van der Waals surface area contributed by atoms with Crippen molar-refractivity contribution >= 4 is 23.0 Å². The lowest BCUT2D eigenvalue weighted by molar-refractivity contribution is -0.281. The van der Waals surface area contributed by atoms with Crippen LogP contribution in [0, 0.1) is 0 Å². The molecule has 2 fully saturated rings. The number of aliphatic hydroxyl groups is 7. The van der Waals surface area contributed by atoms with Gasteiger partial charge in [0.1, 0.15) is 76.7 Å². The molecule has 0 amide bonds. The van der Waals surface area contributed by atoms with E-state index in [-0.39, 0.29) is 34.2 Å². The number of aromatic hydroxyl groups is 3. The van der Waals surface area contributed by atoms with Crippen LogP contribution in [0.1, 0.15) is 5.56 Å². The molecule has 2 aliphatic heterocycles. The number of benzene rings is 3. The normalized spacial score (nSPS) is 28.6. The van der Waals surface area contributed by atoms with Crippen LogP contribution in [0.2, 0.25) is 0 Å². The third kappa shape index (κ3) is 7.82. The molecule has 3 heterocycles. The highest BCUT2D eigenvalue weighted by Crippen LogP contribution is 2.39. The van der Waals surface area contributed by atoms with Crippen molar-refractivity contribution in [2.24, 2.45) is 0 Å². The summed E-state index contributed by atoms with van der Waals surface area (Å²) in [5, 5.41) is 102. The molecule has 10 N–H and O–H groups in total. The Morgan fingerprint density at radius 2 is 1.31 bits per heavy atom. The van der Waals surface area contributed by atoms with Crippen molar-refractivity contribution in [1.82, 2.24) is 0 Å². The number of fused-ring (bicyclic) bond motifs is 1. The van der Waals surface area contributed by atoms with Gasteiger partial charge in [0.05, 0.1) is 13.2 Å². The summed E-state index contributed by atoms with van der Waals surface area (Å²) in [5.74, 6) is -3.25. The first-order valence-electron chi connectivity index (χ1n) is 16.4. The summed E-state index contributed by atoms with van der Waals surface area (Å²) in [5.41, 5.74) is -0.766. The van der Waals surface area contributed by atoms with Crippen LogP contribution in [0.3, 0.4) is 0 Å². The Morgan fingerprint density at radius 3 is 1.94 bits per heavy atom. The molecule has 18 nitrogen and oxygen atoms in total. The van der Waals surface area contributed by atoms with E-state index in [0.717, 1.165) is 18.2 Å². The van der Waals surface area contributed by atoms with Crippen molar-refractivity contribution in [3.8, 4) is 40.1 Å². The smallest absolute Gasteiger partial charge is 0.331 e. The molecule has 6 rings (SSSR count). The molecule has 0 saturated carbocycles. The van der Waals surface area contributed by atoms with E-state index in [1.54, 1.807) is 0 Å². The van der Waals surface area contributed by atoms with E-state index in [9.17, 15) is 60.7 Å². The predicted octanol–water partition coefficient (Wildman–Crippen LogP) is -0.802. The van der Waals surface area contributed by atoms with Gasteiger partial charge in [-0.15, -0.1) is 0 Å². The topological polar surface area (TPSA) is 296 Å². The number of hydrogen-bond acceptors (Lipinski definition) is 18. The number of hydrogen-bond donors (Lipinski definition) is 10. The number of rotatable bonds is 10. The molecular weight excluding hydrogens is 720 g/mol. The molecule has 10 atom stereocenters. The van der Waals surface area contributed by atoms with Crippen molar-refractivity contribution in [3.05, 3.63) is 82.5 Å². The molecule has 54 heavy (non-hydrogen) atoms. The van der Waals surface area contributed by atoms with Crippen LogP contribution in [-0.4, -0.2) is 132 Å². The van der Waals surface area contributed by atoms with E-state index in [4.69, 9.17) is 28.1 Å². The van der Waals surface area contributed by atoms with Gasteiger partial charge in [-0.25, -0.2) is 4.79 Å². The van der Waals surface area contributed by atoms with Crippen LogP contribution in [0.4, 0.5) is 0 Å². The van der Waals surface area contributed by atoms with Gasteiger partial charge in [0.2, 0.25) is 23.8 Å². The van der Waals surface area contributed by atoms with E-state index in [1.807, 2.05) is 0 Å². The fourth-order valence-electron chi connectivity index (χ4n) is 5.85. The third-order valence-electron chi connectivity index (χ3n) is 8.75. The average molecular weight is 757 g/mol. The maximum Gasteiger partial charge on any atom is 0.331 e. The van der Waals surface area contributed by atoms with Crippen LogP contribution in [0.5, 0.6) is 28.7 Å². The molecule has 288 valence electrons. The summed E-state index contributed by atoms with van der Waals surface area (Å²) in [4.78, 5) is 27.1. The van der Waals surface area contributed by atoms with Crippen molar-refractivity contribution in [2.45, 2.75) is 61.4 Å². The van der Waals surface area contributed by atoms with Gasteiger partial charge in [-0.05, 0) is 48.0 Å². The fourth-order valence-corrected chi connectivity index (χ4v) is 5.85. The number of aliphatic hydroxyl groups excluding tert-OH is 7. The standard InChI is InChI=1S/C36H36O18/c37-13-22-26(43)29(46)31(48)35(51-22)49-19-11-20(41)25-21(12-19)50-32(16-4-8-18(40)9-5-16)33(28(25)45)54-36-34(30(47)27(44)23(14-38)52-36)53-24(42)10-3-15-1-6-17(39)7-2-15/h1-12,22-23,26-27,29-31,34-41,43-44,46-48H,13-14H2/b10-3+/t22-,23-,26-,27-,29+,30+,31-,34-,35-,36-/m1/s1. The zero-order chi connectivity index (χ0) is 38.8. The monoisotopic (exact) mass is 756 g/mol. The summed E-state index contributed by atoms with van der Waals surface area (Å²) in [6.45, 7) is -1.58. The molecule has 18 heteroatoms. The first-order valence-corrected chi connectivity index (χ1v) is 16.4. The molecular formula is C36H36O18. The summed E-state index contributed by atoms with van der Waals surface area (Å²) in [6, 6.07) is 13.0. The molecule has 2 saturated heterocycles. The van der Waals surface area contributed by atoms with E-state index in [0.29, 0.717) is 5.56 Å². The maximum absolute atomic E-state index is 14.2. The Kier molecular flexibility index (Phi) is 11.4. The first kappa shape index (κ1) is 38.4. The average Bonchev–Trinajstić information content (AvgIpc) is 3.15. The molecule has 4 aromatic rings. The maximum atomic E-state index is 14.2. The second-order valence-electron chi connectivity index (χ2n) is 12.4. The minimum Gasteiger partial charge on any atom is -0.508 e. The van der Waals surface area contributed by atoms with Crippen molar-refractivity contribution in [2.75, 3.05) is 13.2 Å². The number of phenolic OH excluding ortho intramolecular Hbond substituents is 3. The molecule has 3 aromatic carbocycles. The number of carbonyl (C=O) groups excluding carboxylic acids is 1. The zero-order valence-corrected chi connectivity index (χ0v) is 27.9. The van der Waals surface area contributed by atoms with E-state index < -0.39 is 103 Å². The fraction of sp³-hybridized carbons (Fsp3) is 0.333. The first-order chi connectivity index (χ1) is 25.8. The second-order valence-corrected chi connectivity index (χ2v) is 12.4. The highest BCUT2D eigenvalue weighted by atomic mass is 16.7. The summed E-state index contributed by atoms with van der Waals surface area (Å²) < 4.78 is 34.0. The van der Waals surface area contributed by atoms with Crippen molar-refractivity contribution in [3.63, 3.8) is 0 Å². The zero-order valence-electron chi connectivity index (χ0n) is 27.9. The highest BCUT2D eigenvalue weighted by Gasteiger charge is 2.49. The number of esters is 1. The lowest BCUT2D eigenvalue weighted by Gasteiger charge is -2.41. The van der Waals surface area contributed by atoms with Crippen molar-refractivity contribution < 1.29 is 84.0 Å². The minimum atomic E-state index is -1.92. The Balaban J connectivity index is 1.38. The number of phenols is 3. The summed E-state index contributed by atoms with van der Waals surface area (Å²) in [6.07, 6.45) is -14.8. The summed E-state index contributed by atoms with van der Waals surface area (Å²) >= 11 is 0. The third-order valence-corrected chi connectivity index (χ3v) is 8.75. The van der Waals surface area contributed by atoms with Gasteiger partial charge in [-0.1, -0.05) is 12.1 Å². The Morgan fingerprint density at radius 1 is 0.722 bits per heavy atom. The van der Waals surface area contributed by atoms with Crippen LogP contribution in [0.15, 0.2) is 76.0 Å². The number of carbonyl (C=O) groups is 1. The lowest BCUT2D eigenvalue weighted by atomic mass is 9.99. The predicted molar refractivity (Wildman–Crippen MR) is 181 cm³/mol. The van der Waals surface area contributed by atoms with Gasteiger partial charge in [-0.2, -0.15) is 0 Å². The largest absolute Gasteiger partial charge is 0.508 e. The van der Waals surface area contributed by atoms with Gasteiger partial charge < -0.3 is 79.2 Å². The lowest BCUT2D eigenvalue weighted by Crippen LogP contribution is -2.61. The Labute approximate surface area is 304 Å². The van der Waals surface area contributed by atoms with E-state index in [2.05, 4.69) is 0 Å². The second kappa shape index (κ2) is 16.0. The van der Waals surface area contributed by atoms with E-state index >= 15 is 0 Å². The van der Waals surface area contributed by atoms with Gasteiger partial charge in [0.15, 0.2) is 11.9 Å². The van der Waals surface area contributed by atoms with Gasteiger partial charge >= 0.3 is 5.97 Å². The molecule has 0 unspecified atom stereocenters. The van der Waals surface area contributed by atoms with Gasteiger partial charge in [-0.3, -0.25) is 4.79 Å². The molecule has 0 aliphatic carbocycles. The Bertz CT molecular complexity index is 2030. The molecule has 0 spiro atoms. The van der Waals surface area contributed by atoms with Crippen molar-refractivity contribution in [1.29, 1.82) is 0 Å². The van der Waals surface area contributed by atoms with Gasteiger partial charge in [0.25, 0.3) is 0 Å². The minimum absolute atomic E-state index is 0.00960.